The van der Waals surface area contributed by atoms with E-state index in [0.29, 0.717) is 27.6 Å². The molecule has 6 heteroatoms. The van der Waals surface area contributed by atoms with Crippen molar-refractivity contribution in [1.29, 1.82) is 0 Å². The molecule has 0 atom stereocenters. The van der Waals surface area contributed by atoms with Crippen molar-refractivity contribution in [3.05, 3.63) is 23.6 Å². The zero-order valence-corrected chi connectivity index (χ0v) is 10.2. The van der Waals surface area contributed by atoms with Gasteiger partial charge in [0.2, 0.25) is 0 Å². The van der Waals surface area contributed by atoms with E-state index in [4.69, 9.17) is 25.8 Å². The third kappa shape index (κ3) is 2.40. The number of hydrogen-bond acceptors (Lipinski definition) is 5. The fourth-order valence-electron chi connectivity index (χ4n) is 1.43. The molecule has 0 spiro atoms. The van der Waals surface area contributed by atoms with Gasteiger partial charge in [-0.15, -0.1) is 0 Å². The number of hydrogen-bond donors (Lipinski definition) is 0. The fourth-order valence-corrected chi connectivity index (χ4v) is 1.62. The van der Waals surface area contributed by atoms with Crippen molar-refractivity contribution in [1.82, 2.24) is 9.97 Å². The quantitative estimate of drug-likeness (QED) is 0.619. The predicted molar refractivity (Wildman–Crippen MR) is 63.6 cm³/mol. The number of nitrogens with zero attached hydrogens (tertiary/aromatic N) is 2. The molecule has 0 unspecified atom stereocenters. The first-order chi connectivity index (χ1) is 8.26. The Bertz CT molecular complexity index is 533. The normalized spacial score (nSPS) is 10.5. The first kappa shape index (κ1) is 11.9. The van der Waals surface area contributed by atoms with Gasteiger partial charge < -0.3 is 14.2 Å². The van der Waals surface area contributed by atoms with Gasteiger partial charge in [-0.3, -0.25) is 0 Å². The van der Waals surface area contributed by atoms with Gasteiger partial charge >= 0.3 is 0 Å². The second-order valence-electron chi connectivity index (χ2n) is 3.24. The van der Waals surface area contributed by atoms with E-state index in [0.717, 1.165) is 0 Å². The van der Waals surface area contributed by atoms with Crippen molar-refractivity contribution < 1.29 is 14.2 Å². The number of aromatic nitrogens is 2. The topological polar surface area (TPSA) is 53.5 Å². The second kappa shape index (κ2) is 5.16. The molecule has 5 nitrogen and oxygen atoms in total. The van der Waals surface area contributed by atoms with E-state index in [1.165, 1.54) is 6.33 Å². The molecule has 1 aromatic heterocycles. The lowest BCUT2D eigenvalue weighted by Crippen LogP contribution is -2.01. The lowest BCUT2D eigenvalue weighted by atomic mass is 10.2. The summed E-state index contributed by atoms with van der Waals surface area (Å²) in [7, 11) is 3.10. The molecule has 1 aromatic carbocycles. The van der Waals surface area contributed by atoms with Gasteiger partial charge in [0.25, 0.3) is 0 Å². The summed E-state index contributed by atoms with van der Waals surface area (Å²) in [4.78, 5) is 8.02. The zero-order chi connectivity index (χ0) is 12.3. The molecule has 0 saturated carbocycles. The molecule has 0 aliphatic carbocycles. The van der Waals surface area contributed by atoms with E-state index in [1.54, 1.807) is 26.4 Å². The van der Waals surface area contributed by atoms with Gasteiger partial charge in [-0.25, -0.2) is 9.97 Å². The molecule has 0 amide bonds. The third-order valence-corrected chi connectivity index (χ3v) is 2.51. The van der Waals surface area contributed by atoms with Crippen LogP contribution in [0, 0.1) is 0 Å². The molecule has 2 rings (SSSR count). The maximum absolute atomic E-state index is 5.98. The van der Waals surface area contributed by atoms with Crippen LogP contribution in [0.5, 0.6) is 11.5 Å². The van der Waals surface area contributed by atoms with Crippen molar-refractivity contribution in [3.63, 3.8) is 0 Å². The van der Waals surface area contributed by atoms with Crippen LogP contribution in [0.3, 0.4) is 0 Å². The average Bonchev–Trinajstić information content (AvgIpc) is 2.36. The van der Waals surface area contributed by atoms with Crippen LogP contribution >= 0.6 is 11.6 Å². The van der Waals surface area contributed by atoms with Gasteiger partial charge in [-0.1, -0.05) is 11.6 Å². The highest BCUT2D eigenvalue weighted by Crippen LogP contribution is 2.33. The molecule has 1 heterocycles. The molecule has 0 N–H and O–H groups in total. The Labute approximate surface area is 103 Å². The van der Waals surface area contributed by atoms with Gasteiger partial charge in [0.15, 0.2) is 18.3 Å². The first-order valence-corrected chi connectivity index (χ1v) is 5.24. The van der Waals surface area contributed by atoms with Crippen molar-refractivity contribution in [2.75, 3.05) is 21.0 Å². The summed E-state index contributed by atoms with van der Waals surface area (Å²) < 4.78 is 15.4. The summed E-state index contributed by atoms with van der Waals surface area (Å²) in [6, 6.07) is 3.48. The van der Waals surface area contributed by atoms with Gasteiger partial charge in [0.1, 0.15) is 11.5 Å². The number of methoxy groups -OCH3 is 2. The van der Waals surface area contributed by atoms with Gasteiger partial charge in [0.05, 0.1) is 12.6 Å². The smallest absolute Gasteiger partial charge is 0.188 e. The van der Waals surface area contributed by atoms with Crippen LogP contribution in [0.25, 0.3) is 10.9 Å². The number of benzene rings is 1. The van der Waals surface area contributed by atoms with Gasteiger partial charge in [-0.2, -0.15) is 0 Å². The summed E-state index contributed by atoms with van der Waals surface area (Å²) in [6.07, 6.45) is 1.40. The predicted octanol–water partition coefficient (Wildman–Crippen LogP) is 2.27. The highest BCUT2D eigenvalue weighted by Gasteiger charge is 2.10. The van der Waals surface area contributed by atoms with E-state index in [9.17, 15) is 0 Å². The molecule has 0 aliphatic heterocycles. The maximum Gasteiger partial charge on any atom is 0.188 e. The Hall–Kier alpha value is -1.59. The van der Waals surface area contributed by atoms with E-state index in [-0.39, 0.29) is 6.79 Å². The van der Waals surface area contributed by atoms with Crippen LogP contribution in [-0.2, 0) is 4.74 Å². The Morgan fingerprint density at radius 2 is 2.00 bits per heavy atom. The van der Waals surface area contributed by atoms with E-state index >= 15 is 0 Å². The van der Waals surface area contributed by atoms with Crippen LogP contribution in [0.15, 0.2) is 18.5 Å². The molecular formula is C11H11ClN2O3. The Morgan fingerprint density at radius 3 is 2.71 bits per heavy atom. The number of rotatable bonds is 4. The molecular weight excluding hydrogens is 244 g/mol. The first-order valence-electron chi connectivity index (χ1n) is 4.86. The number of ether oxygens (including phenoxy) is 3. The van der Waals surface area contributed by atoms with Crippen LogP contribution < -0.4 is 9.47 Å². The highest BCUT2D eigenvalue weighted by atomic mass is 35.5. The van der Waals surface area contributed by atoms with Crippen molar-refractivity contribution >= 4 is 22.5 Å². The molecule has 0 bridgehead atoms. The molecule has 0 saturated heterocycles. The average molecular weight is 255 g/mol. The fraction of sp³-hybridized carbons (Fsp3) is 0.273. The van der Waals surface area contributed by atoms with Crippen molar-refractivity contribution in [2.45, 2.75) is 0 Å². The molecule has 17 heavy (non-hydrogen) atoms. The van der Waals surface area contributed by atoms with Crippen LogP contribution in [0.4, 0.5) is 0 Å². The lowest BCUT2D eigenvalue weighted by Gasteiger charge is -2.11. The summed E-state index contributed by atoms with van der Waals surface area (Å²) in [5.74, 6) is 1.11. The van der Waals surface area contributed by atoms with Gasteiger partial charge in [0, 0.05) is 18.6 Å². The number of fused-ring (bicyclic) bond motifs is 1. The monoisotopic (exact) mass is 254 g/mol. The van der Waals surface area contributed by atoms with E-state index in [2.05, 4.69) is 9.97 Å². The summed E-state index contributed by atoms with van der Waals surface area (Å²) in [6.45, 7) is 0.132. The molecule has 2 aromatic rings. The minimum Gasteiger partial charge on any atom is -0.493 e. The third-order valence-electron chi connectivity index (χ3n) is 2.20. The molecule has 0 aliphatic rings. The van der Waals surface area contributed by atoms with Crippen LogP contribution in [0.1, 0.15) is 0 Å². The number of halogens is 1. The Balaban J connectivity index is 2.53. The van der Waals surface area contributed by atoms with Gasteiger partial charge in [-0.05, 0) is 6.07 Å². The Kier molecular flexibility index (Phi) is 3.61. The second-order valence-corrected chi connectivity index (χ2v) is 3.59. The largest absolute Gasteiger partial charge is 0.493 e. The molecule has 0 radical (unpaired) electrons. The van der Waals surface area contributed by atoms with Crippen molar-refractivity contribution in [3.8, 4) is 11.5 Å². The summed E-state index contributed by atoms with van der Waals surface area (Å²) in [5.41, 5.74) is 0.701. The summed E-state index contributed by atoms with van der Waals surface area (Å²) in [5, 5.41) is 1.08. The molecule has 0 fully saturated rings. The summed E-state index contributed by atoms with van der Waals surface area (Å²) >= 11 is 5.98. The highest BCUT2D eigenvalue weighted by molar-refractivity contribution is 6.34. The molecule has 90 valence electrons. The van der Waals surface area contributed by atoms with E-state index in [1.807, 2.05) is 0 Å². The Morgan fingerprint density at radius 1 is 1.18 bits per heavy atom. The SMILES string of the molecule is COCOc1cc2c(Cl)ncnc2cc1OC. The zero-order valence-electron chi connectivity index (χ0n) is 9.44. The van der Waals surface area contributed by atoms with Crippen LogP contribution in [0.2, 0.25) is 5.15 Å². The lowest BCUT2D eigenvalue weighted by molar-refractivity contribution is 0.0493. The minimum absolute atomic E-state index is 0.132. The van der Waals surface area contributed by atoms with Crippen LogP contribution in [-0.4, -0.2) is 31.0 Å². The van der Waals surface area contributed by atoms with Crippen molar-refractivity contribution in [2.24, 2.45) is 0 Å². The minimum atomic E-state index is 0.132. The standard InChI is InChI=1S/C11H11ClN2O3/c1-15-6-17-10-3-7-8(4-9(10)16-2)13-5-14-11(7)12/h3-5H,6H2,1-2H3. The maximum atomic E-state index is 5.98. The van der Waals surface area contributed by atoms with E-state index < -0.39 is 0 Å².